The lowest BCUT2D eigenvalue weighted by Crippen LogP contribution is -2.71. The van der Waals surface area contributed by atoms with Crippen molar-refractivity contribution < 1.29 is 53.8 Å². The Morgan fingerprint density at radius 3 is 2.60 bits per heavy atom. The highest BCUT2D eigenvalue weighted by Crippen LogP contribution is 2.40. The number of aromatic nitrogens is 1. The van der Waals surface area contributed by atoms with Crippen molar-refractivity contribution in [2.75, 3.05) is 31.1 Å². The highest BCUT2D eigenvalue weighted by Gasteiger charge is 2.55. The number of fused-ring (bicyclic) bond motifs is 1. The van der Waals surface area contributed by atoms with E-state index in [1.807, 2.05) is 0 Å². The summed E-state index contributed by atoms with van der Waals surface area (Å²) in [4.78, 5) is 73.0. The topological polar surface area (TPSA) is 295 Å². The van der Waals surface area contributed by atoms with Crippen LogP contribution in [0, 0.1) is 0 Å². The molecule has 0 radical (unpaired) electrons. The van der Waals surface area contributed by atoms with Gasteiger partial charge in [-0.05, 0) is 31.2 Å². The van der Waals surface area contributed by atoms with Gasteiger partial charge in [0.15, 0.2) is 41.3 Å². The molecule has 4 heterocycles. The normalized spacial score (nSPS) is 22.5. The fourth-order valence-electron chi connectivity index (χ4n) is 5.09. The molecule has 2 aromatic rings. The number of carboxylic acid groups (broad SMARTS) is 2. The van der Waals surface area contributed by atoms with Gasteiger partial charge in [-0.25, -0.2) is 14.6 Å². The molecule has 1 fully saturated rings. The summed E-state index contributed by atoms with van der Waals surface area (Å²) in [6.07, 6.45) is 6.97. The molecule has 53 heavy (non-hydrogen) atoms. The van der Waals surface area contributed by atoms with Gasteiger partial charge in [0.1, 0.15) is 28.5 Å². The molecule has 0 aliphatic carbocycles. The Kier molecular flexibility index (Phi) is 11.7. The first-order valence-corrected chi connectivity index (χ1v) is 17.6. The van der Waals surface area contributed by atoms with Crippen molar-refractivity contribution in [3.05, 3.63) is 81.9 Å². The molecule has 278 valence electrons. The average Bonchev–Trinajstić information content (AvgIpc) is 3.55. The van der Waals surface area contributed by atoms with Crippen LogP contribution in [0.3, 0.4) is 0 Å². The van der Waals surface area contributed by atoms with Gasteiger partial charge in [-0.3, -0.25) is 19.3 Å². The number of thioether (sulfide) groups is 1. The third-order valence-corrected chi connectivity index (χ3v) is 9.79. The number of hydrogen-bond donors (Lipinski definition) is 9. The van der Waals surface area contributed by atoms with Crippen molar-refractivity contribution in [3.63, 3.8) is 0 Å². The molecule has 3 aliphatic heterocycles. The number of benzene rings is 1. The van der Waals surface area contributed by atoms with Gasteiger partial charge in [-0.15, -0.1) is 23.1 Å². The highest BCUT2D eigenvalue weighted by molar-refractivity contribution is 8.00. The summed E-state index contributed by atoms with van der Waals surface area (Å²) < 4.78 is 1.68. The maximum Gasteiger partial charge on any atom is 0.352 e. The molecule has 1 aromatic carbocycles. The van der Waals surface area contributed by atoms with Crippen molar-refractivity contribution in [2.24, 2.45) is 10.9 Å². The molecule has 3 atom stereocenters. The number of nitrogens with zero attached hydrogens (tertiary/aromatic N) is 4. The number of oxime groups is 1. The number of phenols is 2. The summed E-state index contributed by atoms with van der Waals surface area (Å²) in [5, 5.41) is 51.3. The Bertz CT molecular complexity index is 2040. The van der Waals surface area contributed by atoms with Gasteiger partial charge in [-0.1, -0.05) is 11.2 Å². The third kappa shape index (κ3) is 8.76. The molecule has 21 heteroatoms. The zero-order valence-electron chi connectivity index (χ0n) is 27.8. The van der Waals surface area contributed by atoms with Crippen LogP contribution in [0.15, 0.2) is 75.8 Å². The summed E-state index contributed by atoms with van der Waals surface area (Å²) in [5.74, 6) is -5.34. The molecule has 3 amide bonds. The Morgan fingerprint density at radius 2 is 1.92 bits per heavy atom. The molecule has 1 aromatic heterocycles. The fourth-order valence-corrected chi connectivity index (χ4v) is 6.97. The summed E-state index contributed by atoms with van der Waals surface area (Å²) in [6, 6.07) is 2.56. The van der Waals surface area contributed by atoms with E-state index in [0.717, 1.165) is 22.3 Å². The number of nitrogens with one attached hydrogen (secondary N) is 3. The predicted octanol–water partition coefficient (Wildman–Crippen LogP) is -0.574. The molecule has 5 rings (SSSR count). The van der Waals surface area contributed by atoms with Crippen LogP contribution >= 0.6 is 23.1 Å². The van der Waals surface area contributed by atoms with Crippen molar-refractivity contribution >= 4 is 69.8 Å². The zero-order chi connectivity index (χ0) is 38.4. The van der Waals surface area contributed by atoms with E-state index in [1.54, 1.807) is 35.2 Å². The van der Waals surface area contributed by atoms with Crippen LogP contribution in [0.1, 0.15) is 23.0 Å². The van der Waals surface area contributed by atoms with Crippen LogP contribution in [0.5, 0.6) is 11.5 Å². The number of hydrogen-bond acceptors (Lipinski definition) is 15. The number of β-lactam (4-membered cyclic amide) rings is 1. The minimum Gasteiger partial charge on any atom is -0.504 e. The number of anilines is 1. The molecule has 0 saturated carbocycles. The molecule has 11 N–H and O–H groups in total. The van der Waals surface area contributed by atoms with Crippen molar-refractivity contribution in [1.82, 2.24) is 25.8 Å². The molecule has 19 nitrogen and oxygen atoms in total. The van der Waals surface area contributed by atoms with E-state index in [9.17, 15) is 39.3 Å². The van der Waals surface area contributed by atoms with E-state index < -0.39 is 58.6 Å². The van der Waals surface area contributed by atoms with E-state index >= 15 is 0 Å². The second-order valence-electron chi connectivity index (χ2n) is 11.5. The summed E-state index contributed by atoms with van der Waals surface area (Å²) in [6.45, 7) is 1.65. The monoisotopic (exact) mass is 768 g/mol. The van der Waals surface area contributed by atoms with Crippen LogP contribution in [-0.2, 0) is 24.0 Å². The highest BCUT2D eigenvalue weighted by atomic mass is 32.2. The number of carboxylic acids is 2. The Morgan fingerprint density at radius 1 is 1.15 bits per heavy atom. The first kappa shape index (κ1) is 37.9. The van der Waals surface area contributed by atoms with Crippen LogP contribution in [-0.4, -0.2) is 119 Å². The van der Waals surface area contributed by atoms with Crippen LogP contribution in [0.2, 0.25) is 0 Å². The summed E-state index contributed by atoms with van der Waals surface area (Å²) in [7, 11) is 0. The zero-order valence-corrected chi connectivity index (χ0v) is 29.4. The maximum atomic E-state index is 13.4. The molecule has 3 aliphatic rings. The number of allylic oxidation sites excluding steroid dienone is 4. The Balaban J connectivity index is 1.27. The number of aliphatic carboxylic acids is 2. The largest absolute Gasteiger partial charge is 0.504 e. The Labute approximate surface area is 308 Å². The van der Waals surface area contributed by atoms with E-state index in [4.69, 9.17) is 21.4 Å². The van der Waals surface area contributed by atoms with Gasteiger partial charge in [0, 0.05) is 41.4 Å². The predicted molar refractivity (Wildman–Crippen MR) is 192 cm³/mol. The number of aromatic hydroxyl groups is 2. The first-order chi connectivity index (χ1) is 25.2. The molecule has 0 spiro atoms. The number of nitrogen functional groups attached to an aromatic ring is 1. The standard InChI is InChI=1S/C32H33N9O10S2/c1-15(30(47)48)51-39-23(20-14-53-32(34)37-20)27(45)38-24-28(46)41-25(31(49)50)17(13-52-29(24)41)11-40-9-3-2-4-18(33)19(12-40)35-7-8-36-26(44)16-5-6-21(42)22(43)10-16/h2-6,9-10,12,14-15,24,29,33,35H,7-8,11,13H2,1H3,(H8,34,36,37,38,39,42,43,44,45,47,48,49,50)/p+1/b4-2+,9-3+,19-12?/t15-,24+,29?/m0/s1. The van der Waals surface area contributed by atoms with Crippen LogP contribution in [0.25, 0.3) is 0 Å². The number of thiazole rings is 1. The van der Waals surface area contributed by atoms with Crippen molar-refractivity contribution in [2.45, 2.75) is 24.4 Å². The van der Waals surface area contributed by atoms with Gasteiger partial charge in [0.2, 0.25) is 6.10 Å². The molecule has 1 unspecified atom stereocenters. The number of carbonyl (C=O) groups excluding carboxylic acids is 3. The van der Waals surface area contributed by atoms with E-state index in [2.05, 4.69) is 26.1 Å². The van der Waals surface area contributed by atoms with Crippen molar-refractivity contribution in [3.8, 4) is 11.5 Å². The van der Waals surface area contributed by atoms with E-state index in [0.29, 0.717) is 17.0 Å². The lowest BCUT2D eigenvalue weighted by molar-refractivity contribution is -0.442. The lowest BCUT2D eigenvalue weighted by atomic mass is 10.0. The van der Waals surface area contributed by atoms with Crippen molar-refractivity contribution in [1.29, 1.82) is 0 Å². The molecule has 0 bridgehead atoms. The number of rotatable bonds is 14. The second-order valence-corrected chi connectivity index (χ2v) is 13.5. The number of phenolic OH excluding ortho intramolecular Hbond substituents is 2. The quantitative estimate of drug-likeness (QED) is 0.0290. The molecular formula is C32H34N9O10S2+. The Hall–Kier alpha value is -6.35. The smallest absolute Gasteiger partial charge is 0.352 e. The summed E-state index contributed by atoms with van der Waals surface area (Å²) in [5.41, 5.74) is 12.7. The maximum absolute atomic E-state index is 13.4. The van der Waals surface area contributed by atoms with Crippen LogP contribution in [0.4, 0.5) is 5.13 Å². The fraction of sp³-hybridized carbons (Fsp3) is 0.250. The third-order valence-electron chi connectivity index (χ3n) is 7.77. The van der Waals surface area contributed by atoms with E-state index in [-0.39, 0.29) is 53.2 Å². The number of amides is 3. The van der Waals surface area contributed by atoms with Gasteiger partial charge < -0.3 is 52.7 Å². The lowest BCUT2D eigenvalue weighted by Gasteiger charge is -2.49. The van der Waals surface area contributed by atoms with Gasteiger partial charge >= 0.3 is 11.9 Å². The summed E-state index contributed by atoms with van der Waals surface area (Å²) >= 11 is 2.23. The van der Waals surface area contributed by atoms with Gasteiger partial charge in [0.25, 0.3) is 17.7 Å². The van der Waals surface area contributed by atoms with E-state index in [1.165, 1.54) is 36.2 Å². The first-order valence-electron chi connectivity index (χ1n) is 15.6. The second kappa shape index (κ2) is 16.3. The van der Waals surface area contributed by atoms with Gasteiger partial charge in [-0.2, -0.15) is 4.58 Å². The van der Waals surface area contributed by atoms with Crippen LogP contribution < -0.4 is 27.4 Å². The number of nitrogens with two attached hydrogens (primary N) is 2. The molecular weight excluding hydrogens is 735 g/mol. The number of carbonyl (C=O) groups is 5. The minimum absolute atomic E-state index is 0.00755. The molecule has 1 saturated heterocycles. The minimum atomic E-state index is -1.40. The SMILES string of the molecule is C[C@H](O/N=C(\C(=O)N[C@@H]1C(=O)N2C(C(=O)O)=C(C[N+]3=C/C(NCCNC(=O)c4ccc(O)c(O)c4)=C(N)\C=C\C=C\3)CSC12)c1csc(N)n1)C(=O)O. The van der Waals surface area contributed by atoms with Gasteiger partial charge in [0.05, 0.1) is 5.70 Å². The average molecular weight is 769 g/mol.